The van der Waals surface area contributed by atoms with E-state index >= 15 is 0 Å². The van der Waals surface area contributed by atoms with Gasteiger partial charge < -0.3 is 14.9 Å². The molecule has 0 bridgehead atoms. The molecule has 0 atom stereocenters. The van der Waals surface area contributed by atoms with E-state index in [2.05, 4.69) is 21.8 Å². The zero-order valence-electron chi connectivity index (χ0n) is 13.9. The molecule has 2 aromatic heterocycles. The average molecular weight is 346 g/mol. The fraction of sp³-hybridized carbons (Fsp3) is 0.467. The Balaban J connectivity index is 2.10. The van der Waals surface area contributed by atoms with Crippen LogP contribution in [0.5, 0.6) is 0 Å². The first kappa shape index (κ1) is 16.6. The van der Waals surface area contributed by atoms with Crippen LogP contribution in [0.15, 0.2) is 9.59 Å². The number of hydrogen-bond donors (Lipinski definition) is 2. The molecule has 132 valence electrons. The second-order valence-electron chi connectivity index (χ2n) is 5.67. The molecule has 0 radical (unpaired) electrons. The van der Waals surface area contributed by atoms with Gasteiger partial charge in [0.25, 0.3) is 5.56 Å². The summed E-state index contributed by atoms with van der Waals surface area (Å²) in [6, 6.07) is 0. The van der Waals surface area contributed by atoms with Gasteiger partial charge in [-0.1, -0.05) is 5.92 Å². The van der Waals surface area contributed by atoms with Crippen LogP contribution >= 0.6 is 0 Å². The van der Waals surface area contributed by atoms with Gasteiger partial charge in [-0.15, -0.1) is 5.92 Å². The van der Waals surface area contributed by atoms with Crippen molar-refractivity contribution in [3.63, 3.8) is 0 Å². The number of fused-ring (bicyclic) bond motifs is 1. The number of carbonyl (C=O) groups is 1. The summed E-state index contributed by atoms with van der Waals surface area (Å²) >= 11 is 0. The number of nitrogens with zero attached hydrogens (tertiary/aromatic N) is 5. The SMILES string of the molecule is CC#CCn1c(N2CCN(C(=O)O)CC2)nc2[nH]c(=O)n(C)c(=O)c21. The Labute approximate surface area is 142 Å². The first-order valence-corrected chi connectivity index (χ1v) is 7.76. The van der Waals surface area contributed by atoms with Gasteiger partial charge in [-0.3, -0.25) is 18.9 Å². The van der Waals surface area contributed by atoms with Crippen molar-refractivity contribution in [2.75, 3.05) is 31.1 Å². The highest BCUT2D eigenvalue weighted by molar-refractivity contribution is 5.74. The van der Waals surface area contributed by atoms with E-state index in [-0.39, 0.29) is 17.7 Å². The minimum Gasteiger partial charge on any atom is -0.465 e. The Kier molecular flexibility index (Phi) is 4.22. The number of aromatic nitrogens is 4. The standard InChI is InChI=1S/C15H18N6O4/c1-3-4-5-21-10-11(17-14(23)18(2)12(10)22)16-13(21)19-6-8-20(9-7-19)15(24)25/h5-9H2,1-2H3,(H,17,23)(H,24,25). The maximum atomic E-state index is 12.5. The van der Waals surface area contributed by atoms with Gasteiger partial charge in [0, 0.05) is 33.2 Å². The first-order chi connectivity index (χ1) is 11.9. The topological polar surface area (TPSA) is 116 Å². The minimum atomic E-state index is -0.955. The average Bonchev–Trinajstić information content (AvgIpc) is 2.96. The van der Waals surface area contributed by atoms with Crippen LogP contribution in [-0.4, -0.2) is 61.4 Å². The normalized spacial score (nSPS) is 14.5. The second kappa shape index (κ2) is 6.35. The smallest absolute Gasteiger partial charge is 0.407 e. The molecule has 1 saturated heterocycles. The summed E-state index contributed by atoms with van der Waals surface area (Å²) in [5, 5.41) is 9.06. The van der Waals surface area contributed by atoms with E-state index in [1.165, 1.54) is 11.9 Å². The van der Waals surface area contributed by atoms with Gasteiger partial charge in [-0.05, 0) is 6.92 Å². The van der Waals surface area contributed by atoms with E-state index in [0.717, 1.165) is 4.57 Å². The summed E-state index contributed by atoms with van der Waals surface area (Å²) in [5.74, 6) is 6.20. The molecule has 1 fully saturated rings. The largest absolute Gasteiger partial charge is 0.465 e. The highest BCUT2D eigenvalue weighted by Gasteiger charge is 2.25. The van der Waals surface area contributed by atoms with Gasteiger partial charge in [0.2, 0.25) is 5.95 Å². The molecule has 0 spiro atoms. The Bertz CT molecular complexity index is 997. The van der Waals surface area contributed by atoms with Gasteiger partial charge in [-0.2, -0.15) is 4.98 Å². The van der Waals surface area contributed by atoms with E-state index in [4.69, 9.17) is 5.11 Å². The Morgan fingerprint density at radius 3 is 2.56 bits per heavy atom. The van der Waals surface area contributed by atoms with Crippen molar-refractivity contribution < 1.29 is 9.90 Å². The maximum Gasteiger partial charge on any atom is 0.407 e. The predicted octanol–water partition coefficient (Wildman–Crippen LogP) is -0.753. The van der Waals surface area contributed by atoms with Crippen LogP contribution in [0.4, 0.5) is 10.7 Å². The molecular formula is C15H18N6O4. The lowest BCUT2D eigenvalue weighted by atomic mass is 10.3. The summed E-state index contributed by atoms with van der Waals surface area (Å²) in [5.41, 5.74) is -0.493. The van der Waals surface area contributed by atoms with E-state index in [0.29, 0.717) is 32.1 Å². The summed E-state index contributed by atoms with van der Waals surface area (Å²) < 4.78 is 2.66. The quantitative estimate of drug-likeness (QED) is 0.691. The highest BCUT2D eigenvalue weighted by atomic mass is 16.4. The number of aromatic amines is 1. The van der Waals surface area contributed by atoms with Crippen LogP contribution in [0, 0.1) is 11.8 Å². The number of H-pyrrole nitrogens is 1. The van der Waals surface area contributed by atoms with Crippen LogP contribution < -0.4 is 16.1 Å². The molecule has 1 aliphatic heterocycles. The van der Waals surface area contributed by atoms with Crippen LogP contribution in [0.2, 0.25) is 0 Å². The fourth-order valence-corrected chi connectivity index (χ4v) is 2.83. The molecule has 2 N–H and O–H groups in total. The molecule has 0 aromatic carbocycles. The third kappa shape index (κ3) is 2.84. The minimum absolute atomic E-state index is 0.210. The van der Waals surface area contributed by atoms with Crippen LogP contribution in [0.25, 0.3) is 11.2 Å². The lowest BCUT2D eigenvalue weighted by Crippen LogP contribution is -2.49. The molecule has 3 rings (SSSR count). The predicted molar refractivity (Wildman–Crippen MR) is 90.9 cm³/mol. The van der Waals surface area contributed by atoms with Crippen molar-refractivity contribution >= 4 is 23.2 Å². The molecule has 10 nitrogen and oxygen atoms in total. The number of nitrogens with one attached hydrogen (secondary N) is 1. The van der Waals surface area contributed by atoms with E-state index < -0.39 is 17.3 Å². The lowest BCUT2D eigenvalue weighted by molar-refractivity contribution is 0.142. The number of anilines is 1. The third-order valence-electron chi connectivity index (χ3n) is 4.23. The van der Waals surface area contributed by atoms with Crippen molar-refractivity contribution in [3.05, 3.63) is 20.8 Å². The first-order valence-electron chi connectivity index (χ1n) is 7.76. The molecule has 1 amide bonds. The molecule has 2 aromatic rings. The van der Waals surface area contributed by atoms with Gasteiger partial charge in [-0.25, -0.2) is 9.59 Å². The van der Waals surface area contributed by atoms with Crippen molar-refractivity contribution in [3.8, 4) is 11.8 Å². The van der Waals surface area contributed by atoms with E-state index in [1.807, 2.05) is 4.90 Å². The van der Waals surface area contributed by atoms with Gasteiger partial charge in [0.05, 0.1) is 6.54 Å². The molecule has 0 saturated carbocycles. The van der Waals surface area contributed by atoms with E-state index in [9.17, 15) is 14.4 Å². The molecule has 1 aliphatic rings. The number of rotatable bonds is 2. The van der Waals surface area contributed by atoms with Gasteiger partial charge >= 0.3 is 11.8 Å². The molecule has 0 unspecified atom stereocenters. The van der Waals surface area contributed by atoms with Crippen molar-refractivity contribution in [1.82, 2.24) is 24.0 Å². The Hall–Kier alpha value is -3.22. The monoisotopic (exact) mass is 346 g/mol. The molecular weight excluding hydrogens is 328 g/mol. The van der Waals surface area contributed by atoms with Crippen LogP contribution in [0.3, 0.4) is 0 Å². The molecule has 0 aliphatic carbocycles. The van der Waals surface area contributed by atoms with Crippen LogP contribution in [0.1, 0.15) is 6.92 Å². The molecule has 3 heterocycles. The van der Waals surface area contributed by atoms with Crippen molar-refractivity contribution in [1.29, 1.82) is 0 Å². The fourth-order valence-electron chi connectivity index (χ4n) is 2.83. The van der Waals surface area contributed by atoms with Crippen LogP contribution in [-0.2, 0) is 13.6 Å². The summed E-state index contributed by atoms with van der Waals surface area (Å²) in [6.45, 7) is 3.52. The Morgan fingerprint density at radius 1 is 1.28 bits per heavy atom. The molecule has 25 heavy (non-hydrogen) atoms. The van der Waals surface area contributed by atoms with Gasteiger partial charge in [0.15, 0.2) is 11.2 Å². The second-order valence-corrected chi connectivity index (χ2v) is 5.67. The van der Waals surface area contributed by atoms with Crippen molar-refractivity contribution in [2.24, 2.45) is 7.05 Å². The summed E-state index contributed by atoms with van der Waals surface area (Å²) in [6.07, 6.45) is -0.955. The summed E-state index contributed by atoms with van der Waals surface area (Å²) in [7, 11) is 1.40. The third-order valence-corrected chi connectivity index (χ3v) is 4.23. The zero-order chi connectivity index (χ0) is 18.1. The molecule has 10 heteroatoms. The summed E-state index contributed by atoms with van der Waals surface area (Å²) in [4.78, 5) is 45.6. The number of amides is 1. The van der Waals surface area contributed by atoms with Crippen molar-refractivity contribution in [2.45, 2.75) is 13.5 Å². The lowest BCUT2D eigenvalue weighted by Gasteiger charge is -2.33. The number of carboxylic acid groups (broad SMARTS) is 1. The van der Waals surface area contributed by atoms with Gasteiger partial charge in [0.1, 0.15) is 0 Å². The number of hydrogen-bond acceptors (Lipinski definition) is 5. The maximum absolute atomic E-state index is 12.5. The number of piperazine rings is 1. The highest BCUT2D eigenvalue weighted by Crippen LogP contribution is 2.20. The van der Waals surface area contributed by atoms with E-state index in [1.54, 1.807) is 11.5 Å². The zero-order valence-corrected chi connectivity index (χ0v) is 13.9. The number of imidazole rings is 1. The Morgan fingerprint density at radius 2 is 1.96 bits per heavy atom.